The maximum atomic E-state index is 12.0. The Morgan fingerprint density at radius 2 is 1.96 bits per heavy atom. The molecule has 0 radical (unpaired) electrons. The number of nitrogens with one attached hydrogen (secondary N) is 1. The molecular weight excluding hydrogens is 304 g/mol. The van der Waals surface area contributed by atoms with Crippen LogP contribution < -0.4 is 5.32 Å². The summed E-state index contributed by atoms with van der Waals surface area (Å²) in [6.45, 7) is 9.13. The zero-order valence-corrected chi connectivity index (χ0v) is 14.9. The Bertz CT molecular complexity index is 473. The smallest absolute Gasteiger partial charge is 0.246 e. The van der Waals surface area contributed by atoms with E-state index in [1.807, 2.05) is 30.3 Å². The lowest BCUT2D eigenvalue weighted by Gasteiger charge is -2.35. The van der Waals surface area contributed by atoms with Crippen LogP contribution >= 0.6 is 0 Å². The molecular formula is C19H30N2O3. The van der Waals surface area contributed by atoms with Gasteiger partial charge in [-0.1, -0.05) is 44.2 Å². The molecule has 0 bridgehead atoms. The average molecular weight is 334 g/mol. The van der Waals surface area contributed by atoms with Crippen LogP contribution in [0.5, 0.6) is 0 Å². The summed E-state index contributed by atoms with van der Waals surface area (Å²) in [5, 5.41) is 3.03. The average Bonchev–Trinajstić information content (AvgIpc) is 2.60. The van der Waals surface area contributed by atoms with Gasteiger partial charge in [-0.15, -0.1) is 0 Å². The highest BCUT2D eigenvalue weighted by Gasteiger charge is 2.22. The van der Waals surface area contributed by atoms with Crippen LogP contribution in [0.25, 0.3) is 0 Å². The van der Waals surface area contributed by atoms with Crippen LogP contribution in [0.15, 0.2) is 30.3 Å². The zero-order chi connectivity index (χ0) is 17.2. The van der Waals surface area contributed by atoms with E-state index in [2.05, 4.69) is 24.1 Å². The summed E-state index contributed by atoms with van der Waals surface area (Å²) in [5.74, 6) is 0.553. The second kappa shape index (κ2) is 10.4. The van der Waals surface area contributed by atoms with Gasteiger partial charge in [0, 0.05) is 25.7 Å². The zero-order valence-electron chi connectivity index (χ0n) is 14.9. The number of carbonyl (C=O) groups is 1. The number of hydrogen-bond acceptors (Lipinski definition) is 4. The minimum absolute atomic E-state index is 0.0482. The summed E-state index contributed by atoms with van der Waals surface area (Å²) < 4.78 is 10.9. The summed E-state index contributed by atoms with van der Waals surface area (Å²) in [4.78, 5) is 14.5. The van der Waals surface area contributed by atoms with Gasteiger partial charge in [0.15, 0.2) is 0 Å². The molecule has 2 rings (SSSR count). The second-order valence-electron chi connectivity index (χ2n) is 6.71. The van der Waals surface area contributed by atoms with E-state index in [1.54, 1.807) is 0 Å². The highest BCUT2D eigenvalue weighted by molar-refractivity contribution is 5.77. The number of amides is 1. The quantitative estimate of drug-likeness (QED) is 0.751. The van der Waals surface area contributed by atoms with E-state index in [4.69, 9.17) is 9.47 Å². The lowest BCUT2D eigenvalue weighted by molar-refractivity contribution is -0.126. The van der Waals surface area contributed by atoms with Crippen LogP contribution in [0.2, 0.25) is 0 Å². The van der Waals surface area contributed by atoms with Crippen molar-refractivity contribution in [2.45, 2.75) is 32.9 Å². The van der Waals surface area contributed by atoms with Crippen LogP contribution in [0, 0.1) is 5.92 Å². The summed E-state index contributed by atoms with van der Waals surface area (Å²) in [5.41, 5.74) is 1.08. The van der Waals surface area contributed by atoms with Crippen LogP contribution in [0.3, 0.4) is 0 Å². The largest absolute Gasteiger partial charge is 0.379 e. The van der Waals surface area contributed by atoms with Gasteiger partial charge >= 0.3 is 0 Å². The first-order valence-electron chi connectivity index (χ1n) is 8.85. The third-order valence-electron chi connectivity index (χ3n) is 4.19. The standard InChI is InChI=1S/C19H30N2O3/c1-16(2)12-18(21-8-10-23-11-9-21)13-20-19(22)15-24-14-17-6-4-3-5-7-17/h3-7,16,18H,8-15H2,1-2H3,(H,20,22). The Morgan fingerprint density at radius 1 is 1.25 bits per heavy atom. The molecule has 1 amide bonds. The first-order valence-corrected chi connectivity index (χ1v) is 8.85. The van der Waals surface area contributed by atoms with E-state index in [-0.39, 0.29) is 12.5 Å². The predicted octanol–water partition coefficient (Wildman–Crippen LogP) is 2.07. The predicted molar refractivity (Wildman–Crippen MR) is 94.7 cm³/mol. The minimum Gasteiger partial charge on any atom is -0.379 e. The fraction of sp³-hybridized carbons (Fsp3) is 0.632. The minimum atomic E-state index is -0.0482. The SMILES string of the molecule is CC(C)CC(CNC(=O)COCc1ccccc1)N1CCOCC1. The third-order valence-corrected chi connectivity index (χ3v) is 4.19. The fourth-order valence-electron chi connectivity index (χ4n) is 2.97. The molecule has 0 aliphatic carbocycles. The van der Waals surface area contributed by atoms with Gasteiger partial charge in [0.05, 0.1) is 19.8 Å². The van der Waals surface area contributed by atoms with E-state index in [9.17, 15) is 4.79 Å². The molecule has 134 valence electrons. The van der Waals surface area contributed by atoms with Crippen molar-refractivity contribution in [1.29, 1.82) is 0 Å². The van der Waals surface area contributed by atoms with Gasteiger partial charge in [-0.2, -0.15) is 0 Å². The molecule has 1 fully saturated rings. The highest BCUT2D eigenvalue weighted by Crippen LogP contribution is 2.13. The van der Waals surface area contributed by atoms with Crippen molar-refractivity contribution in [3.05, 3.63) is 35.9 Å². The second-order valence-corrected chi connectivity index (χ2v) is 6.71. The summed E-state index contributed by atoms with van der Waals surface area (Å²) >= 11 is 0. The number of carbonyl (C=O) groups excluding carboxylic acids is 1. The van der Waals surface area contributed by atoms with Crippen molar-refractivity contribution >= 4 is 5.91 Å². The molecule has 1 saturated heterocycles. The number of hydrogen-bond donors (Lipinski definition) is 1. The number of benzene rings is 1. The fourth-order valence-corrected chi connectivity index (χ4v) is 2.97. The van der Waals surface area contributed by atoms with Crippen LogP contribution in [0.4, 0.5) is 0 Å². The molecule has 1 atom stereocenters. The third kappa shape index (κ3) is 6.99. The molecule has 1 aromatic rings. The Labute approximate surface area is 145 Å². The molecule has 1 aliphatic heterocycles. The summed E-state index contributed by atoms with van der Waals surface area (Å²) in [6.07, 6.45) is 1.07. The molecule has 1 N–H and O–H groups in total. The molecule has 24 heavy (non-hydrogen) atoms. The van der Waals surface area contributed by atoms with Crippen molar-refractivity contribution in [2.75, 3.05) is 39.5 Å². The Balaban J connectivity index is 1.70. The molecule has 5 heteroatoms. The maximum Gasteiger partial charge on any atom is 0.246 e. The van der Waals surface area contributed by atoms with Gasteiger partial charge in [-0.05, 0) is 17.9 Å². The Hall–Kier alpha value is -1.43. The molecule has 1 aliphatic rings. The summed E-state index contributed by atoms with van der Waals surface area (Å²) in [6, 6.07) is 10.3. The van der Waals surface area contributed by atoms with Crippen molar-refractivity contribution in [3.63, 3.8) is 0 Å². The topological polar surface area (TPSA) is 50.8 Å². The van der Waals surface area contributed by atoms with Gasteiger partial charge in [0.1, 0.15) is 6.61 Å². The molecule has 1 heterocycles. The lowest BCUT2D eigenvalue weighted by Crippen LogP contribution is -2.49. The maximum absolute atomic E-state index is 12.0. The van der Waals surface area contributed by atoms with Gasteiger partial charge < -0.3 is 14.8 Å². The molecule has 5 nitrogen and oxygen atoms in total. The van der Waals surface area contributed by atoms with E-state index in [0.29, 0.717) is 25.1 Å². The first-order chi connectivity index (χ1) is 11.6. The van der Waals surface area contributed by atoms with Crippen LogP contribution in [-0.4, -0.2) is 56.3 Å². The van der Waals surface area contributed by atoms with Crippen LogP contribution in [0.1, 0.15) is 25.8 Å². The van der Waals surface area contributed by atoms with Crippen LogP contribution in [-0.2, 0) is 20.9 Å². The number of morpholine rings is 1. The van der Waals surface area contributed by atoms with Crippen molar-refractivity contribution in [1.82, 2.24) is 10.2 Å². The number of nitrogens with zero attached hydrogens (tertiary/aromatic N) is 1. The van der Waals surface area contributed by atoms with E-state index < -0.39 is 0 Å². The summed E-state index contributed by atoms with van der Waals surface area (Å²) in [7, 11) is 0. The number of ether oxygens (including phenoxy) is 2. The van der Waals surface area contributed by atoms with Gasteiger partial charge in [-0.3, -0.25) is 9.69 Å². The van der Waals surface area contributed by atoms with E-state index in [1.165, 1.54) is 0 Å². The highest BCUT2D eigenvalue weighted by atomic mass is 16.5. The van der Waals surface area contributed by atoms with Crippen molar-refractivity contribution in [2.24, 2.45) is 5.92 Å². The van der Waals surface area contributed by atoms with Gasteiger partial charge in [-0.25, -0.2) is 0 Å². The molecule has 0 saturated carbocycles. The van der Waals surface area contributed by atoms with Crippen molar-refractivity contribution < 1.29 is 14.3 Å². The van der Waals surface area contributed by atoms with Crippen molar-refractivity contribution in [3.8, 4) is 0 Å². The van der Waals surface area contributed by atoms with E-state index in [0.717, 1.165) is 38.3 Å². The number of rotatable bonds is 9. The Morgan fingerprint density at radius 3 is 2.62 bits per heavy atom. The molecule has 1 aromatic carbocycles. The molecule has 0 spiro atoms. The first kappa shape index (κ1) is 18.9. The van der Waals surface area contributed by atoms with Gasteiger partial charge in [0.2, 0.25) is 5.91 Å². The molecule has 0 aromatic heterocycles. The monoisotopic (exact) mass is 334 g/mol. The molecule has 1 unspecified atom stereocenters. The van der Waals surface area contributed by atoms with E-state index >= 15 is 0 Å². The van der Waals surface area contributed by atoms with Gasteiger partial charge in [0.25, 0.3) is 0 Å². The Kier molecular flexibility index (Phi) is 8.22. The normalized spacial score (nSPS) is 17.0. The lowest BCUT2D eigenvalue weighted by atomic mass is 10.0.